The van der Waals surface area contributed by atoms with Crippen LogP contribution in [0.25, 0.3) is 22.0 Å². The Morgan fingerprint density at radius 2 is 1.79 bits per heavy atom. The summed E-state index contributed by atoms with van der Waals surface area (Å²) in [5.41, 5.74) is 2.13. The molecule has 0 aliphatic rings. The minimum absolute atomic E-state index is 0.0831. The predicted molar refractivity (Wildman–Crippen MR) is 79.7 cm³/mol. The topological polar surface area (TPSA) is 48.8 Å². The maximum atomic E-state index is 14.3. The third kappa shape index (κ3) is 3.18. The maximum Gasteiger partial charge on any atom is 0.573 e. The van der Waals surface area contributed by atoms with E-state index in [-0.39, 0.29) is 12.2 Å². The molecule has 122 valence electrons. The third-order valence-corrected chi connectivity index (χ3v) is 3.50. The second-order valence-corrected chi connectivity index (χ2v) is 5.10. The predicted octanol–water partition coefficient (Wildman–Crippen LogP) is 4.94. The van der Waals surface area contributed by atoms with Gasteiger partial charge in [-0.15, -0.1) is 13.2 Å². The van der Waals surface area contributed by atoms with Crippen molar-refractivity contribution in [2.75, 3.05) is 0 Å². The van der Waals surface area contributed by atoms with Crippen LogP contribution in [0.4, 0.5) is 17.6 Å². The van der Waals surface area contributed by atoms with Gasteiger partial charge in [0.25, 0.3) is 0 Å². The number of nitriles is 1. The molecule has 0 aliphatic carbocycles. The Bertz CT molecular complexity index is 921. The molecule has 0 fully saturated rings. The molecule has 24 heavy (non-hydrogen) atoms. The second-order valence-electron chi connectivity index (χ2n) is 5.10. The molecule has 3 rings (SSSR count). The van der Waals surface area contributed by atoms with E-state index in [9.17, 15) is 17.6 Å². The van der Waals surface area contributed by atoms with Crippen LogP contribution in [0.2, 0.25) is 0 Å². The van der Waals surface area contributed by atoms with Crippen LogP contribution in [0.15, 0.2) is 42.6 Å². The van der Waals surface area contributed by atoms with Gasteiger partial charge < -0.3 is 9.72 Å². The monoisotopic (exact) mass is 334 g/mol. The number of alkyl halides is 3. The fourth-order valence-electron chi connectivity index (χ4n) is 2.52. The van der Waals surface area contributed by atoms with Crippen LogP contribution < -0.4 is 4.74 Å². The number of halogens is 4. The van der Waals surface area contributed by atoms with Crippen LogP contribution in [0.3, 0.4) is 0 Å². The number of hydrogen-bond acceptors (Lipinski definition) is 2. The highest BCUT2D eigenvalue weighted by atomic mass is 19.4. The van der Waals surface area contributed by atoms with Crippen LogP contribution in [0.1, 0.15) is 5.56 Å². The highest BCUT2D eigenvalue weighted by molar-refractivity contribution is 5.88. The maximum absolute atomic E-state index is 14.3. The average molecular weight is 334 g/mol. The Balaban J connectivity index is 1.97. The molecule has 0 unspecified atom stereocenters. The molecule has 0 radical (unpaired) electrons. The van der Waals surface area contributed by atoms with E-state index in [0.717, 1.165) is 0 Å². The molecule has 7 heteroatoms. The smallest absolute Gasteiger partial charge is 0.406 e. The van der Waals surface area contributed by atoms with E-state index < -0.39 is 12.2 Å². The van der Waals surface area contributed by atoms with Gasteiger partial charge in [0.2, 0.25) is 0 Å². The van der Waals surface area contributed by atoms with Gasteiger partial charge in [-0.25, -0.2) is 4.39 Å². The molecule has 0 saturated carbocycles. The summed E-state index contributed by atoms with van der Waals surface area (Å²) in [5.74, 6) is -0.839. The van der Waals surface area contributed by atoms with E-state index >= 15 is 0 Å². The van der Waals surface area contributed by atoms with Gasteiger partial charge in [0, 0.05) is 17.1 Å². The minimum atomic E-state index is -4.76. The molecule has 0 amide bonds. The molecule has 0 aliphatic heterocycles. The number of nitrogens with one attached hydrogen (secondary N) is 1. The van der Waals surface area contributed by atoms with Crippen molar-refractivity contribution < 1.29 is 22.3 Å². The van der Waals surface area contributed by atoms with Crippen molar-refractivity contribution in [3.8, 4) is 22.9 Å². The molecule has 3 nitrogen and oxygen atoms in total. The van der Waals surface area contributed by atoms with Gasteiger partial charge in [0.15, 0.2) is 0 Å². The number of benzene rings is 2. The Hall–Kier alpha value is -3.01. The van der Waals surface area contributed by atoms with Gasteiger partial charge in [0.1, 0.15) is 11.6 Å². The molecule has 0 spiro atoms. The van der Waals surface area contributed by atoms with Gasteiger partial charge in [0.05, 0.1) is 12.5 Å². The number of nitrogens with zero attached hydrogens (tertiary/aromatic N) is 1. The van der Waals surface area contributed by atoms with Crippen molar-refractivity contribution in [3.63, 3.8) is 0 Å². The normalized spacial score (nSPS) is 11.5. The van der Waals surface area contributed by atoms with Crippen molar-refractivity contribution in [1.82, 2.24) is 4.98 Å². The Kier molecular flexibility index (Phi) is 3.89. The lowest BCUT2D eigenvalue weighted by molar-refractivity contribution is -0.274. The largest absolute Gasteiger partial charge is 0.573 e. The first-order valence-corrected chi connectivity index (χ1v) is 6.90. The van der Waals surface area contributed by atoms with Crippen molar-refractivity contribution in [2.24, 2.45) is 0 Å². The van der Waals surface area contributed by atoms with Crippen molar-refractivity contribution in [1.29, 1.82) is 5.26 Å². The fourth-order valence-corrected chi connectivity index (χ4v) is 2.52. The molecule has 1 N–H and O–H groups in total. The summed E-state index contributed by atoms with van der Waals surface area (Å²) in [4.78, 5) is 2.90. The molecular weight excluding hydrogens is 324 g/mol. The van der Waals surface area contributed by atoms with E-state index in [0.29, 0.717) is 27.6 Å². The summed E-state index contributed by atoms with van der Waals surface area (Å²) in [5, 5.41) is 9.09. The highest BCUT2D eigenvalue weighted by Crippen LogP contribution is 2.31. The fraction of sp³-hybridized carbons (Fsp3) is 0.118. The number of rotatable bonds is 3. The third-order valence-electron chi connectivity index (χ3n) is 3.50. The highest BCUT2D eigenvalue weighted by Gasteiger charge is 2.30. The number of ether oxygens (including phenoxy) is 1. The summed E-state index contributed by atoms with van der Waals surface area (Å²) < 4.78 is 54.6. The summed E-state index contributed by atoms with van der Waals surface area (Å²) >= 11 is 0. The SMILES string of the molecule is N#CCc1c[nH]c2cc(-c3ccc(OC(F)(F)F)cc3)cc(F)c12. The van der Waals surface area contributed by atoms with Crippen molar-refractivity contribution in [3.05, 3.63) is 54.0 Å². The Morgan fingerprint density at radius 3 is 2.42 bits per heavy atom. The van der Waals surface area contributed by atoms with E-state index in [2.05, 4.69) is 9.72 Å². The first-order chi connectivity index (χ1) is 11.4. The van der Waals surface area contributed by atoms with E-state index in [1.165, 1.54) is 30.3 Å². The lowest BCUT2D eigenvalue weighted by Crippen LogP contribution is -2.16. The van der Waals surface area contributed by atoms with Crippen LogP contribution in [-0.2, 0) is 6.42 Å². The molecule has 0 bridgehead atoms. The molecular formula is C17H10F4N2O. The number of aromatic amines is 1. The van der Waals surface area contributed by atoms with Crippen LogP contribution in [-0.4, -0.2) is 11.3 Å². The molecule has 3 aromatic rings. The van der Waals surface area contributed by atoms with Gasteiger partial charge in [-0.1, -0.05) is 12.1 Å². The van der Waals surface area contributed by atoms with E-state index in [1.807, 2.05) is 6.07 Å². The summed E-state index contributed by atoms with van der Waals surface area (Å²) in [6, 6.07) is 10.1. The zero-order chi connectivity index (χ0) is 17.3. The van der Waals surface area contributed by atoms with Crippen LogP contribution in [0, 0.1) is 17.1 Å². The van der Waals surface area contributed by atoms with Crippen LogP contribution >= 0.6 is 0 Å². The second kappa shape index (κ2) is 5.89. The van der Waals surface area contributed by atoms with Crippen molar-refractivity contribution >= 4 is 10.9 Å². The van der Waals surface area contributed by atoms with Crippen LogP contribution in [0.5, 0.6) is 5.75 Å². The molecule has 0 atom stereocenters. The lowest BCUT2D eigenvalue weighted by atomic mass is 10.0. The summed E-state index contributed by atoms with van der Waals surface area (Å²) in [7, 11) is 0. The molecule has 0 saturated heterocycles. The first-order valence-electron chi connectivity index (χ1n) is 6.90. The van der Waals surface area contributed by atoms with Gasteiger partial charge in [-0.3, -0.25) is 0 Å². The quantitative estimate of drug-likeness (QED) is 0.690. The zero-order valence-electron chi connectivity index (χ0n) is 12.1. The molecule has 1 heterocycles. The molecule has 2 aromatic carbocycles. The van der Waals surface area contributed by atoms with Gasteiger partial charge in [-0.05, 0) is 41.0 Å². The first kappa shape index (κ1) is 15.9. The van der Waals surface area contributed by atoms with Gasteiger partial charge >= 0.3 is 6.36 Å². The van der Waals surface area contributed by atoms with E-state index in [1.54, 1.807) is 12.3 Å². The van der Waals surface area contributed by atoms with E-state index in [4.69, 9.17) is 5.26 Å². The number of fused-ring (bicyclic) bond motifs is 1. The number of H-pyrrole nitrogens is 1. The van der Waals surface area contributed by atoms with Crippen molar-refractivity contribution in [2.45, 2.75) is 12.8 Å². The van der Waals surface area contributed by atoms with Gasteiger partial charge in [-0.2, -0.15) is 5.26 Å². The average Bonchev–Trinajstić information content (AvgIpc) is 2.90. The Morgan fingerprint density at radius 1 is 1.08 bits per heavy atom. The standard InChI is InChI=1S/C17H10F4N2O/c18-14-7-12(8-15-16(14)11(5-6-22)9-23-15)10-1-3-13(4-2-10)24-17(19,20)21/h1-4,7-9,23H,5H2. The minimum Gasteiger partial charge on any atom is -0.406 e. The lowest BCUT2D eigenvalue weighted by Gasteiger charge is -2.09. The number of aromatic nitrogens is 1. The summed E-state index contributed by atoms with van der Waals surface area (Å²) in [6.07, 6.45) is -3.10. The number of hydrogen-bond donors (Lipinski definition) is 1. The zero-order valence-corrected chi connectivity index (χ0v) is 12.1. The Labute approximate surface area is 134 Å². The molecule has 1 aromatic heterocycles. The summed E-state index contributed by atoms with van der Waals surface area (Å²) in [6.45, 7) is 0.